The lowest BCUT2D eigenvalue weighted by molar-refractivity contribution is -0.115. The topological polar surface area (TPSA) is 60.5 Å². The van der Waals surface area contributed by atoms with Gasteiger partial charge in [0.25, 0.3) is 0 Å². The molecule has 1 aliphatic rings. The summed E-state index contributed by atoms with van der Waals surface area (Å²) in [5, 5.41) is 3.48. The van der Waals surface area contributed by atoms with Gasteiger partial charge < -0.3 is 14.8 Å². The van der Waals surface area contributed by atoms with Crippen molar-refractivity contribution in [2.24, 2.45) is 0 Å². The van der Waals surface area contributed by atoms with Crippen LogP contribution in [0.15, 0.2) is 48.5 Å². The summed E-state index contributed by atoms with van der Waals surface area (Å²) in [6, 6.07) is 15.3. The van der Waals surface area contributed by atoms with E-state index in [9.17, 15) is 4.79 Å². The number of methoxy groups -OCH3 is 1. The number of nitrogens with zero attached hydrogens (tertiary/aromatic N) is 1. The second kappa shape index (κ2) is 6.57. The van der Waals surface area contributed by atoms with E-state index in [1.165, 1.54) is 11.3 Å². The highest BCUT2D eigenvalue weighted by atomic mass is 32.1. The Balaban J connectivity index is 1.51. The number of nitrogens with one attached hydrogen (secondary N) is 1. The Bertz CT molecular complexity index is 936. The maximum Gasteiger partial charge on any atom is 0.230 e. The van der Waals surface area contributed by atoms with Crippen molar-refractivity contribution >= 4 is 22.4 Å². The maximum atomic E-state index is 12.3. The second-order valence-electron chi connectivity index (χ2n) is 5.65. The summed E-state index contributed by atoms with van der Waals surface area (Å²) in [4.78, 5) is 17.9. The molecule has 1 amide bonds. The zero-order chi connectivity index (χ0) is 17.2. The molecule has 0 saturated carbocycles. The maximum absolute atomic E-state index is 12.3. The third kappa shape index (κ3) is 3.21. The number of amides is 1. The lowest BCUT2D eigenvalue weighted by Gasteiger charge is -2.15. The van der Waals surface area contributed by atoms with Crippen LogP contribution in [-0.4, -0.2) is 18.0 Å². The number of hydrogen-bond acceptors (Lipinski definition) is 5. The van der Waals surface area contributed by atoms with Crippen molar-refractivity contribution in [1.82, 2.24) is 4.98 Å². The van der Waals surface area contributed by atoms with Gasteiger partial charge in [-0.2, -0.15) is 0 Å². The van der Waals surface area contributed by atoms with E-state index < -0.39 is 0 Å². The summed E-state index contributed by atoms with van der Waals surface area (Å²) >= 11 is 1.45. The first kappa shape index (κ1) is 15.7. The number of anilines is 1. The quantitative estimate of drug-likeness (QED) is 0.774. The Morgan fingerprint density at radius 1 is 1.28 bits per heavy atom. The van der Waals surface area contributed by atoms with Gasteiger partial charge in [0.2, 0.25) is 5.91 Å². The molecule has 1 N–H and O–H groups in total. The molecule has 0 spiro atoms. The van der Waals surface area contributed by atoms with Crippen molar-refractivity contribution in [3.8, 4) is 22.8 Å². The molecule has 1 aliphatic heterocycles. The van der Waals surface area contributed by atoms with Gasteiger partial charge in [-0.25, -0.2) is 4.98 Å². The van der Waals surface area contributed by atoms with Gasteiger partial charge in [0.15, 0.2) is 5.13 Å². The average molecular weight is 352 g/mol. The Hall–Kier alpha value is -2.86. The largest absolute Gasteiger partial charge is 0.497 e. The van der Waals surface area contributed by atoms with Crippen molar-refractivity contribution in [2.75, 3.05) is 12.4 Å². The fourth-order valence-corrected chi connectivity index (χ4v) is 3.68. The summed E-state index contributed by atoms with van der Waals surface area (Å²) in [6.07, 6.45) is 0.272. The van der Waals surface area contributed by atoms with Crippen molar-refractivity contribution in [3.05, 3.63) is 59.0 Å². The highest BCUT2D eigenvalue weighted by molar-refractivity contribution is 7.16. The predicted octanol–water partition coefficient (Wildman–Crippen LogP) is 3.89. The molecule has 0 unspecified atom stereocenters. The van der Waals surface area contributed by atoms with Crippen LogP contribution in [0.5, 0.6) is 11.5 Å². The molecule has 126 valence electrons. The minimum Gasteiger partial charge on any atom is -0.497 e. The molecule has 0 fully saturated rings. The SMILES string of the molecule is COc1cccc(CC(=O)Nc2nc3c(s2)COc2ccccc2-3)c1. The number of thiazole rings is 1. The average Bonchev–Trinajstić information content (AvgIpc) is 3.04. The summed E-state index contributed by atoms with van der Waals surface area (Å²) in [7, 11) is 1.61. The van der Waals surface area contributed by atoms with Gasteiger partial charge in [-0.15, -0.1) is 0 Å². The molecule has 25 heavy (non-hydrogen) atoms. The molecule has 4 rings (SSSR count). The molecule has 5 nitrogen and oxygen atoms in total. The number of carbonyl (C=O) groups is 1. The molecule has 6 heteroatoms. The van der Waals surface area contributed by atoms with E-state index in [1.807, 2.05) is 48.5 Å². The summed E-state index contributed by atoms with van der Waals surface area (Å²) in [5.41, 5.74) is 2.75. The van der Waals surface area contributed by atoms with Crippen LogP contribution in [0.25, 0.3) is 11.3 Å². The number of benzene rings is 2. The Morgan fingerprint density at radius 3 is 3.04 bits per heavy atom. The summed E-state index contributed by atoms with van der Waals surface area (Å²) in [5.74, 6) is 1.46. The third-order valence-corrected chi connectivity index (χ3v) is 4.89. The van der Waals surface area contributed by atoms with Gasteiger partial charge in [0, 0.05) is 5.56 Å². The highest BCUT2D eigenvalue weighted by Crippen LogP contribution is 2.40. The molecule has 0 aliphatic carbocycles. The molecular weight excluding hydrogens is 336 g/mol. The van der Waals surface area contributed by atoms with Crippen LogP contribution in [0.4, 0.5) is 5.13 Å². The van der Waals surface area contributed by atoms with Gasteiger partial charge in [-0.1, -0.05) is 35.6 Å². The normalized spacial score (nSPS) is 11.9. The lowest BCUT2D eigenvalue weighted by atomic mass is 10.1. The first-order valence-electron chi connectivity index (χ1n) is 7.87. The van der Waals surface area contributed by atoms with Gasteiger partial charge >= 0.3 is 0 Å². The molecule has 0 atom stereocenters. The first-order valence-corrected chi connectivity index (χ1v) is 8.69. The fraction of sp³-hybridized carbons (Fsp3) is 0.158. The number of rotatable bonds is 4. The Labute approximate surface area is 149 Å². The molecule has 3 aromatic rings. The van der Waals surface area contributed by atoms with Crippen LogP contribution in [0.2, 0.25) is 0 Å². The number of hydrogen-bond donors (Lipinski definition) is 1. The van der Waals surface area contributed by atoms with Crippen molar-refractivity contribution < 1.29 is 14.3 Å². The summed E-state index contributed by atoms with van der Waals surface area (Å²) in [6.45, 7) is 0.482. The van der Waals surface area contributed by atoms with Crippen LogP contribution >= 0.6 is 11.3 Å². The number of ether oxygens (including phenoxy) is 2. The third-order valence-electron chi connectivity index (χ3n) is 3.94. The first-order chi connectivity index (χ1) is 12.2. The van der Waals surface area contributed by atoms with Crippen LogP contribution < -0.4 is 14.8 Å². The van der Waals surface area contributed by atoms with E-state index in [1.54, 1.807) is 7.11 Å². The molecule has 0 radical (unpaired) electrons. The molecule has 0 bridgehead atoms. The standard InChI is InChI=1S/C19H16N2O3S/c1-23-13-6-4-5-12(9-13)10-17(22)20-19-21-18-14-7-2-3-8-15(14)24-11-16(18)25-19/h2-9H,10-11H2,1H3,(H,20,21,22). The lowest BCUT2D eigenvalue weighted by Crippen LogP contribution is -2.14. The summed E-state index contributed by atoms with van der Waals surface area (Å²) < 4.78 is 10.9. The van der Waals surface area contributed by atoms with Crippen LogP contribution in [0.1, 0.15) is 10.4 Å². The van der Waals surface area contributed by atoms with Crippen molar-refractivity contribution in [1.29, 1.82) is 0 Å². The minimum absolute atomic E-state index is 0.103. The highest BCUT2D eigenvalue weighted by Gasteiger charge is 2.22. The monoisotopic (exact) mass is 352 g/mol. The number of fused-ring (bicyclic) bond motifs is 3. The number of carbonyl (C=O) groups excluding carboxylic acids is 1. The molecule has 2 heterocycles. The predicted molar refractivity (Wildman–Crippen MR) is 97.2 cm³/mol. The van der Waals surface area contributed by atoms with Gasteiger partial charge in [0.1, 0.15) is 18.1 Å². The van der Waals surface area contributed by atoms with Crippen LogP contribution in [-0.2, 0) is 17.8 Å². The van der Waals surface area contributed by atoms with Crippen molar-refractivity contribution in [3.63, 3.8) is 0 Å². The van der Waals surface area contributed by atoms with Crippen LogP contribution in [0.3, 0.4) is 0 Å². The van der Waals surface area contributed by atoms with E-state index in [2.05, 4.69) is 10.3 Å². The fourth-order valence-electron chi connectivity index (χ4n) is 2.78. The Kier molecular flexibility index (Phi) is 4.11. The molecule has 2 aromatic carbocycles. The van der Waals surface area contributed by atoms with E-state index in [0.717, 1.165) is 33.2 Å². The molecule has 0 saturated heterocycles. The van der Waals surface area contributed by atoms with Gasteiger partial charge in [-0.05, 0) is 29.8 Å². The number of para-hydroxylation sites is 1. The van der Waals surface area contributed by atoms with E-state index in [4.69, 9.17) is 9.47 Å². The molecular formula is C19H16N2O3S. The van der Waals surface area contributed by atoms with Gasteiger partial charge in [-0.3, -0.25) is 4.79 Å². The van der Waals surface area contributed by atoms with E-state index in [-0.39, 0.29) is 12.3 Å². The van der Waals surface area contributed by atoms with Crippen LogP contribution in [0, 0.1) is 0 Å². The Morgan fingerprint density at radius 2 is 2.16 bits per heavy atom. The smallest absolute Gasteiger partial charge is 0.230 e. The van der Waals surface area contributed by atoms with E-state index in [0.29, 0.717) is 11.7 Å². The zero-order valence-electron chi connectivity index (χ0n) is 13.6. The van der Waals surface area contributed by atoms with Gasteiger partial charge in [0.05, 0.1) is 24.1 Å². The molecule has 1 aromatic heterocycles. The second-order valence-corrected chi connectivity index (χ2v) is 6.74. The zero-order valence-corrected chi connectivity index (χ0v) is 14.4. The van der Waals surface area contributed by atoms with Crippen molar-refractivity contribution in [2.45, 2.75) is 13.0 Å². The minimum atomic E-state index is -0.103. The number of aromatic nitrogens is 1. The van der Waals surface area contributed by atoms with E-state index >= 15 is 0 Å².